The zero-order valence-electron chi connectivity index (χ0n) is 11.1. The molecule has 0 unspecified atom stereocenters. The first-order valence-electron chi connectivity index (χ1n) is 5.87. The molecule has 0 bridgehead atoms. The van der Waals surface area contributed by atoms with Crippen molar-refractivity contribution in [2.45, 2.75) is 36.8 Å². The van der Waals surface area contributed by atoms with Crippen LogP contribution in [-0.2, 0) is 21.0 Å². The lowest BCUT2D eigenvalue weighted by Gasteiger charge is -2.11. The highest BCUT2D eigenvalue weighted by Crippen LogP contribution is 2.22. The Morgan fingerprint density at radius 1 is 1.32 bits per heavy atom. The number of nitrogens with zero attached hydrogens (tertiary/aromatic N) is 2. The van der Waals surface area contributed by atoms with Crippen molar-refractivity contribution in [3.63, 3.8) is 0 Å². The quantitative estimate of drug-likeness (QED) is 0.862. The lowest BCUT2D eigenvalue weighted by molar-refractivity contribution is 0.392. The van der Waals surface area contributed by atoms with Crippen molar-refractivity contribution in [2.75, 3.05) is 0 Å². The van der Waals surface area contributed by atoms with Crippen LogP contribution in [0.25, 0.3) is 0 Å². The Hall–Kier alpha value is -1.69. The van der Waals surface area contributed by atoms with E-state index in [9.17, 15) is 8.42 Å². The van der Waals surface area contributed by atoms with Crippen LogP contribution in [0.5, 0.6) is 0 Å². The summed E-state index contributed by atoms with van der Waals surface area (Å²) in [6.45, 7) is 5.87. The van der Waals surface area contributed by atoms with Gasteiger partial charge in [-0.3, -0.25) is 4.98 Å². The van der Waals surface area contributed by atoms with E-state index in [0.29, 0.717) is 11.6 Å². The predicted molar refractivity (Wildman–Crippen MR) is 70.3 cm³/mol. The number of oxazole rings is 1. The van der Waals surface area contributed by atoms with Gasteiger partial charge in [-0.15, -0.1) is 0 Å². The molecule has 0 spiro atoms. The minimum absolute atomic E-state index is 0.182. The first-order chi connectivity index (χ1) is 8.79. The van der Waals surface area contributed by atoms with Gasteiger partial charge in [0.25, 0.3) is 0 Å². The molecule has 102 valence electrons. The van der Waals surface area contributed by atoms with Crippen molar-refractivity contribution in [2.24, 2.45) is 0 Å². The molecule has 5 nitrogen and oxygen atoms in total. The molecule has 0 saturated carbocycles. The Balaban J connectivity index is 2.25. The normalized spacial score (nSPS) is 12.6. The fourth-order valence-electron chi connectivity index (χ4n) is 1.53. The Morgan fingerprint density at radius 2 is 2.05 bits per heavy atom. The van der Waals surface area contributed by atoms with Crippen molar-refractivity contribution in [3.05, 3.63) is 42.4 Å². The van der Waals surface area contributed by atoms with Gasteiger partial charge in [-0.1, -0.05) is 20.8 Å². The predicted octanol–water partition coefficient (Wildman–Crippen LogP) is 2.34. The summed E-state index contributed by atoms with van der Waals surface area (Å²) in [5.74, 6) is 0.349. The average Bonchev–Trinajstić information content (AvgIpc) is 2.78. The van der Waals surface area contributed by atoms with Gasteiger partial charge in [-0.2, -0.15) is 0 Å². The number of hydrogen-bond acceptors (Lipinski definition) is 5. The maximum atomic E-state index is 12.1. The van der Waals surface area contributed by atoms with E-state index in [4.69, 9.17) is 4.42 Å². The summed E-state index contributed by atoms with van der Waals surface area (Å²) >= 11 is 0. The highest BCUT2D eigenvalue weighted by atomic mass is 32.2. The maximum Gasteiger partial charge on any atom is 0.199 e. The second-order valence-electron chi connectivity index (χ2n) is 5.34. The molecule has 0 aliphatic carbocycles. The number of sulfone groups is 1. The molecule has 19 heavy (non-hydrogen) atoms. The van der Waals surface area contributed by atoms with Gasteiger partial charge >= 0.3 is 0 Å². The van der Waals surface area contributed by atoms with Crippen molar-refractivity contribution in [3.8, 4) is 0 Å². The molecule has 2 heterocycles. The molecule has 2 aromatic rings. The van der Waals surface area contributed by atoms with E-state index in [0.717, 1.165) is 0 Å². The summed E-state index contributed by atoms with van der Waals surface area (Å²) < 4.78 is 29.6. The first kappa shape index (κ1) is 13.7. The van der Waals surface area contributed by atoms with Crippen LogP contribution in [0.3, 0.4) is 0 Å². The molecule has 0 atom stereocenters. The number of pyridine rings is 1. The zero-order chi connectivity index (χ0) is 14.1. The van der Waals surface area contributed by atoms with E-state index in [1.165, 1.54) is 24.7 Å². The smallest absolute Gasteiger partial charge is 0.199 e. The van der Waals surface area contributed by atoms with Crippen LogP contribution < -0.4 is 0 Å². The Kier molecular flexibility index (Phi) is 3.45. The van der Waals surface area contributed by atoms with Gasteiger partial charge in [-0.25, -0.2) is 13.4 Å². The molecule has 0 saturated heterocycles. The molecular formula is C13H16N2O3S. The third-order valence-electron chi connectivity index (χ3n) is 2.52. The third-order valence-corrected chi connectivity index (χ3v) is 4.16. The zero-order valence-corrected chi connectivity index (χ0v) is 11.9. The van der Waals surface area contributed by atoms with E-state index >= 15 is 0 Å². The van der Waals surface area contributed by atoms with Gasteiger partial charge in [0.2, 0.25) is 0 Å². The van der Waals surface area contributed by atoms with Crippen LogP contribution in [0.15, 0.2) is 40.1 Å². The van der Waals surface area contributed by atoms with Crippen LogP contribution in [0.1, 0.15) is 32.4 Å². The van der Waals surface area contributed by atoms with Crippen LogP contribution in [0.2, 0.25) is 0 Å². The van der Waals surface area contributed by atoms with Crippen molar-refractivity contribution >= 4 is 9.84 Å². The van der Waals surface area contributed by atoms with Crippen molar-refractivity contribution in [1.82, 2.24) is 9.97 Å². The lowest BCUT2D eigenvalue weighted by atomic mass is 9.97. The van der Waals surface area contributed by atoms with E-state index < -0.39 is 9.84 Å². The third kappa shape index (κ3) is 3.20. The van der Waals surface area contributed by atoms with Gasteiger partial charge in [0.1, 0.15) is 12.0 Å². The molecule has 2 rings (SSSR count). The first-order valence-corrected chi connectivity index (χ1v) is 7.52. The second kappa shape index (κ2) is 4.77. The molecule has 6 heteroatoms. The second-order valence-corrected chi connectivity index (χ2v) is 7.33. The van der Waals surface area contributed by atoms with Gasteiger partial charge in [0.15, 0.2) is 15.7 Å². The molecule has 0 radical (unpaired) electrons. The molecule has 0 aromatic carbocycles. The van der Waals surface area contributed by atoms with E-state index in [2.05, 4.69) is 9.97 Å². The number of aromatic nitrogens is 2. The van der Waals surface area contributed by atoms with Crippen molar-refractivity contribution < 1.29 is 12.8 Å². The SMILES string of the molecule is CC(C)(C)c1nc(CS(=O)(=O)c2cccnc2)co1. The maximum absolute atomic E-state index is 12.1. The van der Waals surface area contributed by atoms with Crippen LogP contribution >= 0.6 is 0 Å². The molecular weight excluding hydrogens is 264 g/mol. The molecule has 2 aromatic heterocycles. The van der Waals surface area contributed by atoms with Crippen LogP contribution in [0.4, 0.5) is 0 Å². The Labute approximate surface area is 112 Å². The van der Waals surface area contributed by atoms with Crippen LogP contribution in [0, 0.1) is 0 Å². The van der Waals surface area contributed by atoms with E-state index in [1.54, 1.807) is 6.07 Å². The summed E-state index contributed by atoms with van der Waals surface area (Å²) in [5, 5.41) is 0. The largest absolute Gasteiger partial charge is 0.448 e. The minimum Gasteiger partial charge on any atom is -0.448 e. The van der Waals surface area contributed by atoms with Gasteiger partial charge in [0.05, 0.1) is 10.6 Å². The molecule has 0 N–H and O–H groups in total. The topological polar surface area (TPSA) is 73.1 Å². The highest BCUT2D eigenvalue weighted by molar-refractivity contribution is 7.90. The Morgan fingerprint density at radius 3 is 2.58 bits per heavy atom. The average molecular weight is 280 g/mol. The molecule has 0 amide bonds. The summed E-state index contributed by atoms with van der Waals surface area (Å²) in [6, 6.07) is 3.11. The van der Waals surface area contributed by atoms with Gasteiger partial charge in [-0.05, 0) is 12.1 Å². The molecule has 0 aliphatic rings. The van der Waals surface area contributed by atoms with Gasteiger partial charge < -0.3 is 4.42 Å². The van der Waals surface area contributed by atoms with Gasteiger partial charge in [0, 0.05) is 17.8 Å². The summed E-state index contributed by atoms with van der Waals surface area (Å²) in [7, 11) is -3.43. The number of rotatable bonds is 3. The minimum atomic E-state index is -3.43. The monoisotopic (exact) mass is 280 g/mol. The van der Waals surface area contributed by atoms with E-state index in [-0.39, 0.29) is 16.1 Å². The standard InChI is InChI=1S/C13H16N2O3S/c1-13(2,3)12-15-10(8-18-12)9-19(16,17)11-5-4-6-14-7-11/h4-8H,9H2,1-3H3. The number of hydrogen-bond donors (Lipinski definition) is 0. The summed E-state index contributed by atoms with van der Waals surface area (Å²) in [5.41, 5.74) is 0.171. The fraction of sp³-hybridized carbons (Fsp3) is 0.385. The summed E-state index contributed by atoms with van der Waals surface area (Å²) in [4.78, 5) is 8.23. The highest BCUT2D eigenvalue weighted by Gasteiger charge is 2.23. The summed E-state index contributed by atoms with van der Waals surface area (Å²) in [6.07, 6.45) is 4.27. The van der Waals surface area contributed by atoms with E-state index in [1.807, 2.05) is 20.8 Å². The Bertz CT molecular complexity index is 655. The molecule has 0 fully saturated rings. The van der Waals surface area contributed by atoms with Crippen molar-refractivity contribution in [1.29, 1.82) is 0 Å². The lowest BCUT2D eigenvalue weighted by Crippen LogP contribution is -2.12. The fourth-order valence-corrected chi connectivity index (χ4v) is 2.72. The van der Waals surface area contributed by atoms with Crippen LogP contribution in [-0.4, -0.2) is 18.4 Å². The molecule has 0 aliphatic heterocycles.